The van der Waals surface area contributed by atoms with Gasteiger partial charge in [-0.1, -0.05) is 38.5 Å². The van der Waals surface area contributed by atoms with E-state index >= 15 is 0 Å². The number of rotatable bonds is 3. The van der Waals surface area contributed by atoms with E-state index in [0.29, 0.717) is 18.9 Å². The first kappa shape index (κ1) is 21.1. The van der Waals surface area contributed by atoms with E-state index in [4.69, 9.17) is 12.2 Å². The molecule has 1 aliphatic heterocycles. The van der Waals surface area contributed by atoms with Crippen LogP contribution in [-0.4, -0.2) is 34.2 Å². The molecule has 2 heterocycles. The number of alkyl halides is 3. The van der Waals surface area contributed by atoms with E-state index in [9.17, 15) is 13.2 Å². The lowest BCUT2D eigenvalue weighted by Crippen LogP contribution is -2.38. The quantitative estimate of drug-likeness (QED) is 0.542. The van der Waals surface area contributed by atoms with E-state index in [-0.39, 0.29) is 17.1 Å². The van der Waals surface area contributed by atoms with Crippen molar-refractivity contribution in [3.63, 3.8) is 0 Å². The molecule has 1 aliphatic carbocycles. The topological polar surface area (TPSA) is 53.1 Å². The van der Waals surface area contributed by atoms with Gasteiger partial charge in [0.25, 0.3) is 0 Å². The maximum Gasteiger partial charge on any atom is 0.433 e. The molecule has 3 rings (SSSR count). The molecule has 2 aliphatic rings. The normalized spacial score (nSPS) is 19.6. The molecule has 28 heavy (non-hydrogen) atoms. The summed E-state index contributed by atoms with van der Waals surface area (Å²) in [4.78, 5) is 9.93. The van der Waals surface area contributed by atoms with Gasteiger partial charge in [-0.3, -0.25) is 0 Å². The summed E-state index contributed by atoms with van der Waals surface area (Å²) in [5.74, 6) is 0.212. The first-order valence-corrected chi connectivity index (χ1v) is 10.6. The minimum absolute atomic E-state index is 0.0970. The highest BCUT2D eigenvalue weighted by atomic mass is 32.1. The van der Waals surface area contributed by atoms with Crippen molar-refractivity contribution in [2.75, 3.05) is 23.3 Å². The lowest BCUT2D eigenvalue weighted by molar-refractivity contribution is -0.141. The fourth-order valence-electron chi connectivity index (χ4n) is 3.84. The lowest BCUT2D eigenvalue weighted by atomic mass is 10.1. The molecule has 0 spiro atoms. The van der Waals surface area contributed by atoms with Gasteiger partial charge in [-0.05, 0) is 37.9 Å². The fraction of sp³-hybridized carbons (Fsp3) is 0.737. The number of nitrogens with one attached hydrogen (secondary N) is 2. The second kappa shape index (κ2) is 9.71. The second-order valence-electron chi connectivity index (χ2n) is 7.62. The second-order valence-corrected chi connectivity index (χ2v) is 8.03. The molecule has 9 heteroatoms. The molecule has 0 amide bonds. The van der Waals surface area contributed by atoms with Crippen molar-refractivity contribution in [3.8, 4) is 0 Å². The lowest BCUT2D eigenvalue weighted by Gasteiger charge is -2.23. The summed E-state index contributed by atoms with van der Waals surface area (Å²) in [5, 5.41) is 6.29. The van der Waals surface area contributed by atoms with E-state index in [1.807, 2.05) is 4.90 Å². The van der Waals surface area contributed by atoms with E-state index in [0.717, 1.165) is 57.4 Å². The van der Waals surface area contributed by atoms with Gasteiger partial charge < -0.3 is 15.5 Å². The van der Waals surface area contributed by atoms with Gasteiger partial charge in [-0.15, -0.1) is 0 Å². The molecule has 1 aromatic heterocycles. The first-order valence-electron chi connectivity index (χ1n) is 10.2. The zero-order valence-electron chi connectivity index (χ0n) is 16.0. The molecule has 2 fully saturated rings. The molecule has 1 aromatic rings. The van der Waals surface area contributed by atoms with E-state index < -0.39 is 11.9 Å². The van der Waals surface area contributed by atoms with Crippen LogP contribution in [0.5, 0.6) is 0 Å². The van der Waals surface area contributed by atoms with Gasteiger partial charge in [-0.25, -0.2) is 4.98 Å². The van der Waals surface area contributed by atoms with Crippen LogP contribution in [0.1, 0.15) is 69.9 Å². The zero-order valence-corrected chi connectivity index (χ0v) is 16.8. The van der Waals surface area contributed by atoms with Crippen LogP contribution >= 0.6 is 12.2 Å². The number of nitrogens with zero attached hydrogens (tertiary/aromatic N) is 3. The molecule has 0 bridgehead atoms. The number of aromatic nitrogens is 2. The van der Waals surface area contributed by atoms with Gasteiger partial charge >= 0.3 is 6.18 Å². The van der Waals surface area contributed by atoms with Gasteiger partial charge in [0.15, 0.2) is 10.8 Å². The van der Waals surface area contributed by atoms with Crippen molar-refractivity contribution in [2.24, 2.45) is 0 Å². The van der Waals surface area contributed by atoms with Crippen LogP contribution in [0.15, 0.2) is 6.07 Å². The molecule has 0 radical (unpaired) electrons. The van der Waals surface area contributed by atoms with E-state index in [1.165, 1.54) is 12.8 Å². The van der Waals surface area contributed by atoms with Gasteiger partial charge in [0.1, 0.15) is 5.82 Å². The maximum absolute atomic E-state index is 13.4. The Morgan fingerprint density at radius 3 is 2.18 bits per heavy atom. The third kappa shape index (κ3) is 6.18. The Kier molecular flexibility index (Phi) is 7.31. The Bertz CT molecular complexity index is 651. The molecule has 0 aromatic carbocycles. The predicted octanol–water partition coefficient (Wildman–Crippen LogP) is 4.89. The summed E-state index contributed by atoms with van der Waals surface area (Å²) < 4.78 is 40.1. The Morgan fingerprint density at radius 1 is 0.964 bits per heavy atom. The minimum atomic E-state index is -4.53. The summed E-state index contributed by atoms with van der Waals surface area (Å²) in [5.41, 5.74) is -0.943. The van der Waals surface area contributed by atoms with Gasteiger partial charge in [-0.2, -0.15) is 18.2 Å². The van der Waals surface area contributed by atoms with Crippen LogP contribution in [0.2, 0.25) is 0 Å². The highest BCUT2D eigenvalue weighted by molar-refractivity contribution is 7.80. The largest absolute Gasteiger partial charge is 0.433 e. The smallest absolute Gasteiger partial charge is 0.360 e. The summed E-state index contributed by atoms with van der Waals surface area (Å²) in [6.07, 6.45) is 6.31. The third-order valence-electron chi connectivity index (χ3n) is 5.35. The van der Waals surface area contributed by atoms with Crippen LogP contribution in [-0.2, 0) is 6.18 Å². The highest BCUT2D eigenvalue weighted by Gasteiger charge is 2.34. The molecule has 5 nitrogen and oxygen atoms in total. The highest BCUT2D eigenvalue weighted by Crippen LogP contribution is 2.31. The molecule has 1 saturated heterocycles. The minimum Gasteiger partial charge on any atom is -0.360 e. The van der Waals surface area contributed by atoms with Crippen molar-refractivity contribution in [1.29, 1.82) is 0 Å². The molecular weight excluding hydrogens is 387 g/mol. The van der Waals surface area contributed by atoms with Gasteiger partial charge in [0, 0.05) is 25.2 Å². The van der Waals surface area contributed by atoms with Crippen molar-refractivity contribution in [2.45, 2.75) is 76.4 Å². The van der Waals surface area contributed by atoms with Gasteiger partial charge in [0.2, 0.25) is 5.95 Å². The standard InChI is InChI=1S/C19H28F3N5S/c20-19(21,22)15-13-16(27-11-7-3-4-8-12-27)25-17(24-15)26-18(28)23-14-9-5-1-2-6-10-14/h13-14H,1-12H2,(H2,23,24,25,26,28). The number of anilines is 2. The molecule has 156 valence electrons. The third-order valence-corrected chi connectivity index (χ3v) is 5.57. The molecular formula is C19H28F3N5S. The van der Waals surface area contributed by atoms with Crippen molar-refractivity contribution in [3.05, 3.63) is 11.8 Å². The van der Waals surface area contributed by atoms with Crippen LogP contribution in [0.25, 0.3) is 0 Å². The Balaban J connectivity index is 1.74. The Morgan fingerprint density at radius 2 is 1.57 bits per heavy atom. The predicted molar refractivity (Wildman–Crippen MR) is 109 cm³/mol. The Labute approximate surface area is 169 Å². The molecule has 2 N–H and O–H groups in total. The number of thiocarbonyl (C=S) groups is 1. The SMILES string of the molecule is FC(F)(F)c1cc(N2CCCCCC2)nc(NC(=S)NC2CCCCCC2)n1. The summed E-state index contributed by atoms with van der Waals surface area (Å²) >= 11 is 5.32. The summed E-state index contributed by atoms with van der Waals surface area (Å²) in [6, 6.07) is 1.29. The van der Waals surface area contributed by atoms with E-state index in [2.05, 4.69) is 20.6 Å². The van der Waals surface area contributed by atoms with Crippen LogP contribution < -0.4 is 15.5 Å². The van der Waals surface area contributed by atoms with Crippen molar-refractivity contribution >= 4 is 29.1 Å². The van der Waals surface area contributed by atoms with Crippen LogP contribution in [0.3, 0.4) is 0 Å². The molecule has 1 saturated carbocycles. The first-order chi connectivity index (χ1) is 13.4. The fourth-order valence-corrected chi connectivity index (χ4v) is 4.10. The van der Waals surface area contributed by atoms with E-state index in [1.54, 1.807) is 0 Å². The number of halogens is 3. The van der Waals surface area contributed by atoms with Crippen LogP contribution in [0.4, 0.5) is 24.9 Å². The monoisotopic (exact) mass is 415 g/mol. The average Bonchev–Trinajstić information content (AvgIpc) is 3.05. The summed E-state index contributed by atoms with van der Waals surface area (Å²) in [6.45, 7) is 1.41. The van der Waals surface area contributed by atoms with Gasteiger partial charge in [0.05, 0.1) is 0 Å². The summed E-state index contributed by atoms with van der Waals surface area (Å²) in [7, 11) is 0. The average molecular weight is 416 g/mol. The number of hydrogen-bond acceptors (Lipinski definition) is 4. The van der Waals surface area contributed by atoms with Crippen molar-refractivity contribution in [1.82, 2.24) is 15.3 Å². The Hall–Kier alpha value is -1.64. The zero-order chi connectivity index (χ0) is 20.0. The molecule has 0 unspecified atom stereocenters. The van der Waals surface area contributed by atoms with Crippen molar-refractivity contribution < 1.29 is 13.2 Å². The number of hydrogen-bond donors (Lipinski definition) is 2. The molecule has 0 atom stereocenters. The van der Waals surface area contributed by atoms with Crippen LogP contribution in [0, 0.1) is 0 Å². The maximum atomic E-state index is 13.4.